The summed E-state index contributed by atoms with van der Waals surface area (Å²) in [6.45, 7) is 3.47. The maximum absolute atomic E-state index is 11.5. The zero-order valence-corrected chi connectivity index (χ0v) is 12.8. The predicted molar refractivity (Wildman–Crippen MR) is 83.5 cm³/mol. The highest BCUT2D eigenvalue weighted by molar-refractivity contribution is 5.94. The van der Waals surface area contributed by atoms with Crippen LogP contribution in [0.25, 0.3) is 0 Å². The molecular weight excluding hydrogens is 262 g/mol. The van der Waals surface area contributed by atoms with Crippen molar-refractivity contribution < 1.29 is 9.90 Å². The number of carbonyl (C=O) groups excluding carboxylic acids is 1. The largest absolute Gasteiger partial charge is 0.508 e. The predicted octanol–water partition coefficient (Wildman–Crippen LogP) is 3.75. The highest BCUT2D eigenvalue weighted by Gasteiger charge is 2.33. The molecule has 3 nitrogen and oxygen atoms in total. The Balaban J connectivity index is 1.78. The molecule has 0 bridgehead atoms. The van der Waals surface area contributed by atoms with Crippen LogP contribution >= 0.6 is 0 Å². The molecule has 1 saturated carbocycles. The fourth-order valence-electron chi connectivity index (χ4n) is 4.07. The van der Waals surface area contributed by atoms with Gasteiger partial charge >= 0.3 is 0 Å². The van der Waals surface area contributed by atoms with Crippen molar-refractivity contribution in [3.05, 3.63) is 29.3 Å². The second-order valence-electron chi connectivity index (χ2n) is 6.62. The maximum atomic E-state index is 11.5. The second kappa shape index (κ2) is 6.18. The summed E-state index contributed by atoms with van der Waals surface area (Å²) in [5.41, 5.74) is 1.59. The van der Waals surface area contributed by atoms with Gasteiger partial charge in [-0.3, -0.25) is 9.69 Å². The standard InChI is InChI=1S/C18H25NO2/c1-13(20)15-8-9-18(21)16(11-15)12-19-10-4-6-14-5-2-3-7-17(14)19/h8-9,11,14,17,21H,2-7,10,12H2,1H3/t14-,17-/m1/s1. The molecule has 1 saturated heterocycles. The molecule has 114 valence electrons. The highest BCUT2D eigenvalue weighted by atomic mass is 16.3. The molecule has 2 aliphatic rings. The van der Waals surface area contributed by atoms with Crippen molar-refractivity contribution in [3.63, 3.8) is 0 Å². The van der Waals surface area contributed by atoms with Crippen LogP contribution in [0.15, 0.2) is 18.2 Å². The van der Waals surface area contributed by atoms with Crippen molar-refractivity contribution in [1.29, 1.82) is 0 Å². The summed E-state index contributed by atoms with van der Waals surface area (Å²) in [6.07, 6.45) is 7.98. The van der Waals surface area contributed by atoms with Crippen molar-refractivity contribution in [3.8, 4) is 5.75 Å². The first-order valence-electron chi connectivity index (χ1n) is 8.22. The minimum Gasteiger partial charge on any atom is -0.508 e. The number of phenolic OH excluding ortho intramolecular Hbond substituents is 1. The number of Topliss-reactive ketones (excluding diaryl/α,β-unsaturated/α-hetero) is 1. The van der Waals surface area contributed by atoms with Gasteiger partial charge in [0.05, 0.1) is 0 Å². The first-order chi connectivity index (χ1) is 10.1. The van der Waals surface area contributed by atoms with Gasteiger partial charge in [0.25, 0.3) is 0 Å². The first-order valence-corrected chi connectivity index (χ1v) is 8.22. The summed E-state index contributed by atoms with van der Waals surface area (Å²) >= 11 is 0. The quantitative estimate of drug-likeness (QED) is 0.861. The number of fused-ring (bicyclic) bond motifs is 1. The van der Waals surface area contributed by atoms with Crippen molar-refractivity contribution in [2.75, 3.05) is 6.54 Å². The van der Waals surface area contributed by atoms with Gasteiger partial charge in [-0.2, -0.15) is 0 Å². The summed E-state index contributed by atoms with van der Waals surface area (Å²) in [5.74, 6) is 1.22. The Bertz CT molecular complexity index is 524. The van der Waals surface area contributed by atoms with Crippen molar-refractivity contribution in [2.24, 2.45) is 5.92 Å². The van der Waals surface area contributed by atoms with Gasteiger partial charge in [-0.15, -0.1) is 0 Å². The van der Waals surface area contributed by atoms with E-state index in [0.717, 1.165) is 24.6 Å². The molecule has 1 N–H and O–H groups in total. The fourth-order valence-corrected chi connectivity index (χ4v) is 4.07. The van der Waals surface area contributed by atoms with Gasteiger partial charge in [0.2, 0.25) is 0 Å². The van der Waals surface area contributed by atoms with E-state index in [1.54, 1.807) is 19.1 Å². The molecule has 3 heteroatoms. The number of phenols is 1. The zero-order chi connectivity index (χ0) is 14.8. The van der Waals surface area contributed by atoms with E-state index in [-0.39, 0.29) is 5.78 Å². The van der Waals surface area contributed by atoms with Gasteiger partial charge in [0, 0.05) is 23.7 Å². The first kappa shape index (κ1) is 14.6. The van der Waals surface area contributed by atoms with Crippen LogP contribution in [-0.2, 0) is 6.54 Å². The van der Waals surface area contributed by atoms with E-state index < -0.39 is 0 Å². The van der Waals surface area contributed by atoms with Gasteiger partial charge in [0.1, 0.15) is 5.75 Å². The lowest BCUT2D eigenvalue weighted by atomic mass is 9.78. The van der Waals surface area contributed by atoms with Crippen molar-refractivity contribution in [2.45, 2.75) is 58.0 Å². The van der Waals surface area contributed by atoms with Crippen LogP contribution in [0.3, 0.4) is 0 Å². The van der Waals surface area contributed by atoms with Gasteiger partial charge in [-0.1, -0.05) is 12.8 Å². The van der Waals surface area contributed by atoms with Crippen LogP contribution in [0.1, 0.15) is 61.4 Å². The van der Waals surface area contributed by atoms with E-state index >= 15 is 0 Å². The molecule has 0 spiro atoms. The van der Waals surface area contributed by atoms with Crippen LogP contribution in [0.2, 0.25) is 0 Å². The number of hydrogen-bond donors (Lipinski definition) is 1. The molecule has 0 aromatic heterocycles. The smallest absolute Gasteiger partial charge is 0.159 e. The van der Waals surface area contributed by atoms with Crippen LogP contribution in [0.4, 0.5) is 0 Å². The number of hydrogen-bond acceptors (Lipinski definition) is 3. The number of benzene rings is 1. The molecule has 0 amide bonds. The third kappa shape index (κ3) is 3.13. The molecule has 3 rings (SSSR count). The molecule has 0 radical (unpaired) electrons. The number of rotatable bonds is 3. The summed E-state index contributed by atoms with van der Waals surface area (Å²) in [5, 5.41) is 10.1. The SMILES string of the molecule is CC(=O)c1ccc(O)c(CN2CCC[C@H]3CCCC[C@H]32)c1. The van der Waals surface area contributed by atoms with Crippen LogP contribution < -0.4 is 0 Å². The molecule has 0 unspecified atom stereocenters. The normalized spacial score (nSPS) is 26.3. The van der Waals surface area contributed by atoms with Crippen LogP contribution in [-0.4, -0.2) is 28.4 Å². The molecule has 1 aromatic rings. The van der Waals surface area contributed by atoms with E-state index in [4.69, 9.17) is 0 Å². The fraction of sp³-hybridized carbons (Fsp3) is 0.611. The van der Waals surface area contributed by atoms with Gasteiger partial charge < -0.3 is 5.11 Å². The second-order valence-corrected chi connectivity index (χ2v) is 6.62. The minimum atomic E-state index is 0.0606. The molecule has 1 aromatic carbocycles. The Morgan fingerprint density at radius 3 is 2.81 bits per heavy atom. The Labute approximate surface area is 127 Å². The number of ketones is 1. The maximum Gasteiger partial charge on any atom is 0.159 e. The Morgan fingerprint density at radius 2 is 2.00 bits per heavy atom. The van der Waals surface area contributed by atoms with E-state index in [1.165, 1.54) is 38.5 Å². The van der Waals surface area contributed by atoms with Gasteiger partial charge in [-0.25, -0.2) is 0 Å². The molecule has 1 aliphatic carbocycles. The third-order valence-corrected chi connectivity index (χ3v) is 5.22. The van der Waals surface area contributed by atoms with E-state index in [2.05, 4.69) is 4.90 Å². The molecule has 1 aliphatic heterocycles. The van der Waals surface area contributed by atoms with Crippen molar-refractivity contribution >= 4 is 5.78 Å². The molecule has 1 heterocycles. The molecule has 2 fully saturated rings. The van der Waals surface area contributed by atoms with E-state index in [0.29, 0.717) is 17.4 Å². The lowest BCUT2D eigenvalue weighted by Crippen LogP contribution is -2.46. The number of piperidine rings is 1. The van der Waals surface area contributed by atoms with Gasteiger partial charge in [0.15, 0.2) is 5.78 Å². The van der Waals surface area contributed by atoms with Crippen LogP contribution in [0, 0.1) is 5.92 Å². The average Bonchev–Trinajstić information content (AvgIpc) is 2.49. The third-order valence-electron chi connectivity index (χ3n) is 5.22. The van der Waals surface area contributed by atoms with E-state index in [9.17, 15) is 9.90 Å². The Morgan fingerprint density at radius 1 is 1.24 bits per heavy atom. The van der Waals surface area contributed by atoms with E-state index in [1.807, 2.05) is 6.07 Å². The Kier molecular flexibility index (Phi) is 4.29. The van der Waals surface area contributed by atoms with Crippen LogP contribution in [0.5, 0.6) is 5.75 Å². The summed E-state index contributed by atoms with van der Waals surface area (Å²) in [4.78, 5) is 14.1. The Hall–Kier alpha value is -1.35. The molecule has 21 heavy (non-hydrogen) atoms. The zero-order valence-electron chi connectivity index (χ0n) is 12.8. The number of aromatic hydroxyl groups is 1. The topological polar surface area (TPSA) is 40.5 Å². The minimum absolute atomic E-state index is 0.0606. The monoisotopic (exact) mass is 287 g/mol. The summed E-state index contributed by atoms with van der Waals surface area (Å²) in [7, 11) is 0. The summed E-state index contributed by atoms with van der Waals surface area (Å²) < 4.78 is 0. The lowest BCUT2D eigenvalue weighted by molar-refractivity contribution is 0.0541. The number of nitrogens with zero attached hydrogens (tertiary/aromatic N) is 1. The number of likely N-dealkylation sites (tertiary alicyclic amines) is 1. The van der Waals surface area contributed by atoms with Crippen molar-refractivity contribution in [1.82, 2.24) is 4.90 Å². The average molecular weight is 287 g/mol. The molecule has 2 atom stereocenters. The van der Waals surface area contributed by atoms with Gasteiger partial charge in [-0.05, 0) is 63.3 Å². The highest BCUT2D eigenvalue weighted by Crippen LogP contribution is 2.36. The summed E-state index contributed by atoms with van der Waals surface area (Å²) in [6, 6.07) is 5.91. The number of carbonyl (C=O) groups is 1. The lowest BCUT2D eigenvalue weighted by Gasteiger charge is -2.44. The molecular formula is C18H25NO2.